The molecule has 2 aromatic carbocycles. The van der Waals surface area contributed by atoms with E-state index >= 15 is 0 Å². The predicted octanol–water partition coefficient (Wildman–Crippen LogP) is 2.80. The number of aromatic nitrogens is 1. The van der Waals surface area contributed by atoms with Crippen molar-refractivity contribution in [3.05, 3.63) is 53.7 Å². The number of aromatic amines is 1. The van der Waals surface area contributed by atoms with Crippen LogP contribution in [0.1, 0.15) is 15.9 Å². The molecule has 0 saturated carbocycles. The number of Topliss-reactive ketones (excluding diaryl/α,β-unsaturated/α-hetero) is 1. The van der Waals surface area contributed by atoms with Gasteiger partial charge in [-0.15, -0.1) is 0 Å². The molecule has 0 bridgehead atoms. The van der Waals surface area contributed by atoms with Gasteiger partial charge >= 0.3 is 0 Å². The molecule has 3 aromatic rings. The number of nitrogens with one attached hydrogen (secondary N) is 2. The number of aliphatic imine (C=N–C) groups is 1. The van der Waals surface area contributed by atoms with Crippen molar-refractivity contribution < 1.29 is 19.0 Å². The summed E-state index contributed by atoms with van der Waals surface area (Å²) in [7, 11) is 4.58. The number of rotatable bonds is 6. The molecule has 4 rings (SSSR count). The van der Waals surface area contributed by atoms with Crippen LogP contribution in [0, 0.1) is 0 Å². The zero-order valence-corrected chi connectivity index (χ0v) is 15.9. The molecule has 1 aliphatic rings. The first-order chi connectivity index (χ1) is 13.7. The molecule has 0 spiro atoms. The number of hydrogen-bond donors (Lipinski definition) is 2. The molecule has 1 atom stereocenters. The molecule has 7 heteroatoms. The lowest BCUT2D eigenvalue weighted by molar-refractivity contribution is 0.0966. The number of carbonyl (C=O) groups is 1. The van der Waals surface area contributed by atoms with Gasteiger partial charge in [0.25, 0.3) is 0 Å². The zero-order valence-electron chi connectivity index (χ0n) is 15.9. The number of nitrogens with zero attached hydrogens (tertiary/aromatic N) is 1. The lowest BCUT2D eigenvalue weighted by Gasteiger charge is -2.14. The maximum atomic E-state index is 13.1. The summed E-state index contributed by atoms with van der Waals surface area (Å²) >= 11 is 0. The smallest absolute Gasteiger partial charge is 0.203 e. The molecule has 2 N–H and O–H groups in total. The SMILES string of the molecule is COc1cc(C(=O)C2CNC(c3c[nH]c4ccccc34)=N2)cc(OC)c1OC. The van der Waals surface area contributed by atoms with Crippen molar-refractivity contribution in [2.45, 2.75) is 6.04 Å². The Morgan fingerprint density at radius 3 is 2.46 bits per heavy atom. The third kappa shape index (κ3) is 2.94. The molecule has 0 saturated heterocycles. The molecule has 1 aromatic heterocycles. The number of amidine groups is 1. The fourth-order valence-corrected chi connectivity index (χ4v) is 3.44. The Morgan fingerprint density at radius 1 is 1.07 bits per heavy atom. The predicted molar refractivity (Wildman–Crippen MR) is 107 cm³/mol. The first-order valence-electron chi connectivity index (χ1n) is 8.88. The van der Waals surface area contributed by atoms with E-state index < -0.39 is 6.04 Å². The maximum absolute atomic E-state index is 13.1. The fourth-order valence-electron chi connectivity index (χ4n) is 3.44. The van der Waals surface area contributed by atoms with Crippen molar-refractivity contribution in [3.63, 3.8) is 0 Å². The monoisotopic (exact) mass is 379 g/mol. The van der Waals surface area contributed by atoms with Crippen LogP contribution >= 0.6 is 0 Å². The van der Waals surface area contributed by atoms with Gasteiger partial charge in [-0.25, -0.2) is 0 Å². The number of para-hydroxylation sites is 1. The van der Waals surface area contributed by atoms with Crippen molar-refractivity contribution in [1.29, 1.82) is 0 Å². The van der Waals surface area contributed by atoms with Crippen LogP contribution in [0.4, 0.5) is 0 Å². The Balaban J connectivity index is 1.66. The van der Waals surface area contributed by atoms with E-state index in [0.717, 1.165) is 16.5 Å². The second kappa shape index (κ2) is 7.26. The molecule has 7 nitrogen and oxygen atoms in total. The van der Waals surface area contributed by atoms with Gasteiger partial charge in [0.2, 0.25) is 5.75 Å². The summed E-state index contributed by atoms with van der Waals surface area (Å²) in [5.41, 5.74) is 2.45. The van der Waals surface area contributed by atoms with Crippen LogP contribution in [0.5, 0.6) is 17.2 Å². The lowest BCUT2D eigenvalue weighted by Crippen LogP contribution is -2.26. The average Bonchev–Trinajstić information content (AvgIpc) is 3.38. The minimum absolute atomic E-state index is 0.110. The van der Waals surface area contributed by atoms with Gasteiger partial charge in [0.05, 0.1) is 21.3 Å². The summed E-state index contributed by atoms with van der Waals surface area (Å²) in [5, 5.41) is 4.32. The summed E-state index contributed by atoms with van der Waals surface area (Å²) in [6.07, 6.45) is 1.91. The van der Waals surface area contributed by atoms with Crippen LogP contribution < -0.4 is 19.5 Å². The standard InChI is InChI=1S/C21H21N3O4/c1-26-17-8-12(9-18(27-2)20(17)28-3)19(25)16-11-23-21(24-16)14-10-22-15-7-5-4-6-13(14)15/h4-10,16,22H,11H2,1-3H3,(H,23,24). The van der Waals surface area contributed by atoms with Crippen LogP contribution in [-0.2, 0) is 0 Å². The van der Waals surface area contributed by atoms with Crippen molar-refractivity contribution in [2.24, 2.45) is 4.99 Å². The quantitative estimate of drug-likeness (QED) is 0.644. The van der Waals surface area contributed by atoms with E-state index in [-0.39, 0.29) is 5.78 Å². The minimum atomic E-state index is -0.522. The van der Waals surface area contributed by atoms with Crippen LogP contribution in [0.2, 0.25) is 0 Å². The van der Waals surface area contributed by atoms with Crippen molar-refractivity contribution in [1.82, 2.24) is 10.3 Å². The third-order valence-electron chi connectivity index (χ3n) is 4.84. The number of ether oxygens (including phenoxy) is 3. The lowest BCUT2D eigenvalue weighted by atomic mass is 10.0. The number of carbonyl (C=O) groups excluding carboxylic acids is 1. The normalized spacial score (nSPS) is 15.8. The molecule has 1 aliphatic heterocycles. The van der Waals surface area contributed by atoms with Gasteiger partial charge in [0.1, 0.15) is 11.9 Å². The third-order valence-corrected chi connectivity index (χ3v) is 4.84. The Labute approximate surface area is 162 Å². The Morgan fingerprint density at radius 2 is 1.79 bits per heavy atom. The highest BCUT2D eigenvalue weighted by atomic mass is 16.5. The second-order valence-corrected chi connectivity index (χ2v) is 6.40. The van der Waals surface area contributed by atoms with Gasteiger partial charge in [0.15, 0.2) is 17.3 Å². The van der Waals surface area contributed by atoms with Gasteiger partial charge in [0, 0.05) is 34.8 Å². The van der Waals surface area contributed by atoms with Crippen molar-refractivity contribution in [3.8, 4) is 17.2 Å². The van der Waals surface area contributed by atoms with Crippen molar-refractivity contribution in [2.75, 3.05) is 27.9 Å². The molecular formula is C21H21N3O4. The van der Waals surface area contributed by atoms with E-state index in [0.29, 0.717) is 35.2 Å². The van der Waals surface area contributed by atoms with Crippen molar-refractivity contribution >= 4 is 22.5 Å². The van der Waals surface area contributed by atoms with Gasteiger partial charge < -0.3 is 24.5 Å². The van der Waals surface area contributed by atoms with E-state index in [4.69, 9.17) is 14.2 Å². The summed E-state index contributed by atoms with van der Waals surface area (Å²) in [6.45, 7) is 0.435. The molecule has 0 radical (unpaired) electrons. The van der Waals surface area contributed by atoms with Crippen LogP contribution in [-0.4, -0.2) is 50.5 Å². The van der Waals surface area contributed by atoms with Crippen LogP contribution in [0.3, 0.4) is 0 Å². The highest BCUT2D eigenvalue weighted by Crippen LogP contribution is 2.38. The first-order valence-corrected chi connectivity index (χ1v) is 8.88. The average molecular weight is 379 g/mol. The summed E-state index contributed by atoms with van der Waals surface area (Å²) in [6, 6.07) is 10.8. The number of methoxy groups -OCH3 is 3. The molecule has 0 aliphatic carbocycles. The molecule has 1 unspecified atom stereocenters. The fraction of sp³-hybridized carbons (Fsp3) is 0.238. The molecule has 2 heterocycles. The van der Waals surface area contributed by atoms with E-state index in [1.807, 2.05) is 30.5 Å². The topological polar surface area (TPSA) is 84.9 Å². The summed E-state index contributed by atoms with van der Waals surface area (Å²) < 4.78 is 16.0. The molecule has 28 heavy (non-hydrogen) atoms. The maximum Gasteiger partial charge on any atom is 0.203 e. The molecule has 0 fully saturated rings. The second-order valence-electron chi connectivity index (χ2n) is 6.40. The molecular weight excluding hydrogens is 358 g/mol. The van der Waals surface area contributed by atoms with E-state index in [1.54, 1.807) is 12.1 Å². The minimum Gasteiger partial charge on any atom is -0.493 e. The first kappa shape index (κ1) is 17.9. The number of hydrogen-bond acceptors (Lipinski definition) is 6. The number of ketones is 1. The van der Waals surface area contributed by atoms with E-state index in [9.17, 15) is 4.79 Å². The number of fused-ring (bicyclic) bond motifs is 1. The Kier molecular flexibility index (Phi) is 4.65. The van der Waals surface area contributed by atoms with Crippen LogP contribution in [0.25, 0.3) is 10.9 Å². The van der Waals surface area contributed by atoms with Gasteiger partial charge in [-0.3, -0.25) is 9.79 Å². The summed E-state index contributed by atoms with van der Waals surface area (Å²) in [4.78, 5) is 20.9. The highest BCUT2D eigenvalue weighted by Gasteiger charge is 2.28. The Hall–Kier alpha value is -3.48. The number of benzene rings is 2. The van der Waals surface area contributed by atoms with Gasteiger partial charge in [-0.1, -0.05) is 18.2 Å². The van der Waals surface area contributed by atoms with Gasteiger partial charge in [-0.05, 0) is 18.2 Å². The molecule has 0 amide bonds. The van der Waals surface area contributed by atoms with Crippen LogP contribution in [0.15, 0.2) is 47.6 Å². The highest BCUT2D eigenvalue weighted by molar-refractivity contribution is 6.13. The zero-order chi connectivity index (χ0) is 19.7. The summed E-state index contributed by atoms with van der Waals surface area (Å²) in [5.74, 6) is 1.94. The largest absolute Gasteiger partial charge is 0.493 e. The Bertz CT molecular complexity index is 1050. The van der Waals surface area contributed by atoms with E-state index in [2.05, 4.69) is 15.3 Å². The number of H-pyrrole nitrogens is 1. The molecule has 144 valence electrons. The van der Waals surface area contributed by atoms with Gasteiger partial charge in [-0.2, -0.15) is 0 Å². The van der Waals surface area contributed by atoms with E-state index in [1.165, 1.54) is 21.3 Å².